The standard InChI is InChI=1S/C8H14ClNO2/c9-3-6-10-4-1-7(2-5-10)8(11)12/h7H,1-6H2,(H,11,12). The Balaban J connectivity index is 2.25. The molecule has 3 nitrogen and oxygen atoms in total. The fourth-order valence-electron chi connectivity index (χ4n) is 1.52. The molecule has 0 bridgehead atoms. The second-order valence-corrected chi connectivity index (χ2v) is 3.52. The molecule has 12 heavy (non-hydrogen) atoms. The van der Waals surface area contributed by atoms with E-state index in [1.165, 1.54) is 0 Å². The number of alkyl halides is 1. The van der Waals surface area contributed by atoms with Crippen LogP contribution in [0.4, 0.5) is 0 Å². The van der Waals surface area contributed by atoms with Crippen molar-refractivity contribution in [3.8, 4) is 0 Å². The van der Waals surface area contributed by atoms with Gasteiger partial charge in [0.15, 0.2) is 0 Å². The Hall–Kier alpha value is -0.280. The molecule has 1 rings (SSSR count). The van der Waals surface area contributed by atoms with Gasteiger partial charge in [-0.05, 0) is 25.9 Å². The van der Waals surface area contributed by atoms with Crippen LogP contribution in [0.5, 0.6) is 0 Å². The summed E-state index contributed by atoms with van der Waals surface area (Å²) in [6.45, 7) is 2.64. The van der Waals surface area contributed by atoms with Gasteiger partial charge in [0.1, 0.15) is 0 Å². The lowest BCUT2D eigenvalue weighted by molar-refractivity contribution is -0.143. The minimum Gasteiger partial charge on any atom is -0.481 e. The monoisotopic (exact) mass is 191 g/mol. The highest BCUT2D eigenvalue weighted by Gasteiger charge is 2.23. The van der Waals surface area contributed by atoms with Crippen molar-refractivity contribution < 1.29 is 9.90 Å². The highest BCUT2D eigenvalue weighted by molar-refractivity contribution is 6.18. The highest BCUT2D eigenvalue weighted by Crippen LogP contribution is 2.16. The number of nitrogens with zero attached hydrogens (tertiary/aromatic N) is 1. The summed E-state index contributed by atoms with van der Waals surface area (Å²) in [6, 6.07) is 0. The van der Waals surface area contributed by atoms with Gasteiger partial charge in [-0.2, -0.15) is 0 Å². The molecule has 4 heteroatoms. The SMILES string of the molecule is O=C(O)C1CCN(CCCl)CC1. The third kappa shape index (κ3) is 2.64. The molecule has 1 saturated heterocycles. The molecule has 1 N–H and O–H groups in total. The number of hydrogen-bond donors (Lipinski definition) is 1. The molecule has 0 saturated carbocycles. The first-order chi connectivity index (χ1) is 5.74. The predicted molar refractivity (Wildman–Crippen MR) is 47.5 cm³/mol. The van der Waals surface area contributed by atoms with Crippen LogP contribution in [0.1, 0.15) is 12.8 Å². The van der Waals surface area contributed by atoms with Crippen molar-refractivity contribution in [1.29, 1.82) is 0 Å². The van der Waals surface area contributed by atoms with E-state index < -0.39 is 5.97 Å². The van der Waals surface area contributed by atoms with E-state index in [0.29, 0.717) is 5.88 Å². The molecule has 0 unspecified atom stereocenters. The average molecular weight is 192 g/mol. The summed E-state index contributed by atoms with van der Waals surface area (Å²) < 4.78 is 0. The summed E-state index contributed by atoms with van der Waals surface area (Å²) in [6.07, 6.45) is 1.54. The van der Waals surface area contributed by atoms with Crippen LogP contribution < -0.4 is 0 Å². The Morgan fingerprint density at radius 3 is 2.50 bits per heavy atom. The van der Waals surface area contributed by atoms with Gasteiger partial charge in [-0.15, -0.1) is 11.6 Å². The Kier molecular flexibility index (Phi) is 3.82. The van der Waals surface area contributed by atoms with Crippen LogP contribution in [-0.2, 0) is 4.79 Å². The van der Waals surface area contributed by atoms with Crippen LogP contribution in [0.3, 0.4) is 0 Å². The van der Waals surface area contributed by atoms with E-state index in [9.17, 15) is 4.79 Å². The molecule has 0 atom stereocenters. The third-order valence-corrected chi connectivity index (χ3v) is 2.51. The van der Waals surface area contributed by atoms with Gasteiger partial charge in [0, 0.05) is 12.4 Å². The number of carboxylic acids is 1. The van der Waals surface area contributed by atoms with E-state index in [0.717, 1.165) is 32.5 Å². The molecule has 1 heterocycles. The van der Waals surface area contributed by atoms with Crippen molar-refractivity contribution in [2.24, 2.45) is 5.92 Å². The van der Waals surface area contributed by atoms with Crippen molar-refractivity contribution >= 4 is 17.6 Å². The Bertz CT molecular complexity index is 155. The first-order valence-corrected chi connectivity index (χ1v) is 4.78. The third-order valence-electron chi connectivity index (χ3n) is 2.34. The number of halogens is 1. The zero-order valence-corrected chi connectivity index (χ0v) is 7.76. The second kappa shape index (κ2) is 4.67. The zero-order chi connectivity index (χ0) is 8.97. The quantitative estimate of drug-likeness (QED) is 0.678. The second-order valence-electron chi connectivity index (χ2n) is 3.14. The molecule has 0 spiro atoms. The van der Waals surface area contributed by atoms with Gasteiger partial charge in [0.05, 0.1) is 5.92 Å². The number of aliphatic carboxylic acids is 1. The van der Waals surface area contributed by atoms with E-state index in [4.69, 9.17) is 16.7 Å². The van der Waals surface area contributed by atoms with Crippen molar-refractivity contribution in [3.05, 3.63) is 0 Å². The van der Waals surface area contributed by atoms with Gasteiger partial charge in [-0.3, -0.25) is 4.79 Å². The normalized spacial score (nSPS) is 21.1. The highest BCUT2D eigenvalue weighted by atomic mass is 35.5. The van der Waals surface area contributed by atoms with Crippen molar-refractivity contribution in [2.45, 2.75) is 12.8 Å². The molecule has 0 radical (unpaired) electrons. The fourth-order valence-corrected chi connectivity index (χ4v) is 1.76. The van der Waals surface area contributed by atoms with Crippen LogP contribution in [0.25, 0.3) is 0 Å². The van der Waals surface area contributed by atoms with Crippen molar-refractivity contribution in [2.75, 3.05) is 25.5 Å². The molecule has 1 aliphatic rings. The lowest BCUT2D eigenvalue weighted by atomic mass is 9.97. The lowest BCUT2D eigenvalue weighted by Gasteiger charge is -2.29. The maximum Gasteiger partial charge on any atom is 0.306 e. The lowest BCUT2D eigenvalue weighted by Crippen LogP contribution is -2.37. The zero-order valence-electron chi connectivity index (χ0n) is 7.00. The molecule has 0 amide bonds. The van der Waals surface area contributed by atoms with Gasteiger partial charge >= 0.3 is 5.97 Å². The molecule has 1 fully saturated rings. The fraction of sp³-hybridized carbons (Fsp3) is 0.875. The number of carbonyl (C=O) groups is 1. The number of carboxylic acid groups (broad SMARTS) is 1. The van der Waals surface area contributed by atoms with Crippen LogP contribution in [0, 0.1) is 5.92 Å². The maximum atomic E-state index is 10.6. The van der Waals surface area contributed by atoms with Gasteiger partial charge in [0.25, 0.3) is 0 Å². The van der Waals surface area contributed by atoms with Crippen LogP contribution >= 0.6 is 11.6 Å². The predicted octanol–water partition coefficient (Wildman–Crippen LogP) is 1.02. The van der Waals surface area contributed by atoms with E-state index in [2.05, 4.69) is 4.90 Å². The van der Waals surface area contributed by atoms with Crippen LogP contribution in [-0.4, -0.2) is 41.5 Å². The van der Waals surface area contributed by atoms with Gasteiger partial charge in [-0.1, -0.05) is 0 Å². The van der Waals surface area contributed by atoms with E-state index in [-0.39, 0.29) is 5.92 Å². The number of hydrogen-bond acceptors (Lipinski definition) is 2. The minimum atomic E-state index is -0.652. The Labute approximate surface area is 77.3 Å². The van der Waals surface area contributed by atoms with Gasteiger partial charge in [0.2, 0.25) is 0 Å². The molecule has 0 aromatic heterocycles. The molecular weight excluding hydrogens is 178 g/mol. The number of likely N-dealkylation sites (tertiary alicyclic amines) is 1. The van der Waals surface area contributed by atoms with Crippen LogP contribution in [0.2, 0.25) is 0 Å². The van der Waals surface area contributed by atoms with E-state index in [1.807, 2.05) is 0 Å². The van der Waals surface area contributed by atoms with Crippen molar-refractivity contribution in [3.63, 3.8) is 0 Å². The van der Waals surface area contributed by atoms with E-state index >= 15 is 0 Å². The summed E-state index contributed by atoms with van der Waals surface area (Å²) in [5.74, 6) is -0.144. The van der Waals surface area contributed by atoms with Gasteiger partial charge in [-0.25, -0.2) is 0 Å². The Morgan fingerprint density at radius 2 is 2.08 bits per heavy atom. The first-order valence-electron chi connectivity index (χ1n) is 4.25. The van der Waals surface area contributed by atoms with Gasteiger partial charge < -0.3 is 10.0 Å². The summed E-state index contributed by atoms with van der Waals surface area (Å²) >= 11 is 5.58. The molecule has 0 aromatic rings. The molecule has 70 valence electrons. The average Bonchev–Trinajstić information content (AvgIpc) is 2.06. The number of rotatable bonds is 3. The molecular formula is C8H14ClNO2. The summed E-state index contributed by atoms with van der Waals surface area (Å²) in [7, 11) is 0. The molecule has 1 aliphatic heterocycles. The minimum absolute atomic E-state index is 0.128. The summed E-state index contributed by atoms with van der Waals surface area (Å²) in [5.41, 5.74) is 0. The molecule has 0 aliphatic carbocycles. The first kappa shape index (κ1) is 9.81. The Morgan fingerprint density at radius 1 is 1.50 bits per heavy atom. The van der Waals surface area contributed by atoms with Crippen LogP contribution in [0.15, 0.2) is 0 Å². The summed E-state index contributed by atoms with van der Waals surface area (Å²) in [5, 5.41) is 8.71. The van der Waals surface area contributed by atoms with E-state index in [1.54, 1.807) is 0 Å². The largest absolute Gasteiger partial charge is 0.481 e. The maximum absolute atomic E-state index is 10.6. The number of piperidine rings is 1. The smallest absolute Gasteiger partial charge is 0.306 e. The van der Waals surface area contributed by atoms with Crippen molar-refractivity contribution in [1.82, 2.24) is 4.90 Å². The topological polar surface area (TPSA) is 40.5 Å². The molecule has 0 aromatic carbocycles. The summed E-state index contributed by atoms with van der Waals surface area (Å²) in [4.78, 5) is 12.8.